The molecule has 0 radical (unpaired) electrons. The van der Waals surface area contributed by atoms with E-state index in [9.17, 15) is 22.0 Å². The van der Waals surface area contributed by atoms with Crippen LogP contribution in [0.2, 0.25) is 0 Å². The van der Waals surface area contributed by atoms with Crippen LogP contribution in [-0.4, -0.2) is 12.4 Å². The first-order valence-corrected chi connectivity index (χ1v) is 8.53. The minimum Gasteiger partial charge on any atom is -0.206 e. The van der Waals surface area contributed by atoms with Crippen molar-refractivity contribution in [3.05, 3.63) is 70.3 Å². The molecule has 2 rings (SSSR count). The van der Waals surface area contributed by atoms with E-state index in [2.05, 4.69) is 10.2 Å². The number of alkyl halides is 3. The van der Waals surface area contributed by atoms with Crippen LogP contribution >= 0.6 is 0 Å². The van der Waals surface area contributed by atoms with Crippen LogP contribution < -0.4 is 0 Å². The molecule has 0 aromatic heterocycles. The molecule has 0 atom stereocenters. The van der Waals surface area contributed by atoms with E-state index in [4.69, 9.17) is 0 Å². The Hall–Kier alpha value is -2.57. The topological polar surface area (TPSA) is 24.7 Å². The molecule has 0 aliphatic heterocycles. The maximum Gasteiger partial charge on any atom is 0.416 e. The van der Waals surface area contributed by atoms with Gasteiger partial charge in [0.2, 0.25) is 0 Å². The number of nitrogens with zero attached hydrogens (tertiary/aromatic N) is 2. The normalized spacial score (nSPS) is 12.4. The van der Waals surface area contributed by atoms with Crippen molar-refractivity contribution < 1.29 is 22.0 Å². The fourth-order valence-electron chi connectivity index (χ4n) is 2.43. The summed E-state index contributed by atoms with van der Waals surface area (Å²) < 4.78 is 65.5. The highest BCUT2D eigenvalue weighted by molar-refractivity contribution is 5.83. The van der Waals surface area contributed by atoms with Crippen LogP contribution in [0.25, 0.3) is 0 Å². The minimum atomic E-state index is -4.41. The Morgan fingerprint density at radius 1 is 0.889 bits per heavy atom. The van der Waals surface area contributed by atoms with Crippen molar-refractivity contribution in [2.45, 2.75) is 38.8 Å². The molecule has 0 saturated carbocycles. The number of aryl methyl sites for hydroxylation is 1. The number of hydrogen-bond donors (Lipinski definition) is 0. The summed E-state index contributed by atoms with van der Waals surface area (Å²) in [6.45, 7) is 2.05. The second-order valence-corrected chi connectivity index (χ2v) is 6.04. The summed E-state index contributed by atoms with van der Waals surface area (Å²) in [6.07, 6.45) is 1.21. The van der Waals surface area contributed by atoms with E-state index < -0.39 is 23.4 Å². The lowest BCUT2D eigenvalue weighted by atomic mass is 10.0. The summed E-state index contributed by atoms with van der Waals surface area (Å²) in [5.41, 5.74) is -0.110. The van der Waals surface area contributed by atoms with Crippen molar-refractivity contribution >= 4 is 12.4 Å². The number of unbranched alkanes of at least 4 members (excludes halogenated alkanes) is 2. The van der Waals surface area contributed by atoms with E-state index in [0.29, 0.717) is 17.5 Å². The summed E-state index contributed by atoms with van der Waals surface area (Å²) in [5, 5.41) is 7.20. The zero-order valence-electron chi connectivity index (χ0n) is 14.7. The van der Waals surface area contributed by atoms with E-state index in [1.165, 1.54) is 30.5 Å². The molecule has 0 aliphatic carbocycles. The summed E-state index contributed by atoms with van der Waals surface area (Å²) in [5.74, 6) is -1.45. The fraction of sp³-hybridized carbons (Fsp3) is 0.300. The van der Waals surface area contributed by atoms with Gasteiger partial charge in [-0.25, -0.2) is 8.78 Å². The van der Waals surface area contributed by atoms with Crippen LogP contribution in [0.5, 0.6) is 0 Å². The van der Waals surface area contributed by atoms with Crippen molar-refractivity contribution in [3.8, 4) is 0 Å². The van der Waals surface area contributed by atoms with Crippen molar-refractivity contribution in [2.75, 3.05) is 0 Å². The second kappa shape index (κ2) is 9.39. The van der Waals surface area contributed by atoms with Crippen molar-refractivity contribution in [3.63, 3.8) is 0 Å². The number of hydrogen-bond acceptors (Lipinski definition) is 2. The minimum absolute atomic E-state index is 0.307. The first-order chi connectivity index (χ1) is 12.8. The molecule has 2 aromatic carbocycles. The summed E-state index contributed by atoms with van der Waals surface area (Å²) in [7, 11) is 0. The molecule has 2 nitrogen and oxygen atoms in total. The van der Waals surface area contributed by atoms with Gasteiger partial charge in [-0.05, 0) is 48.2 Å². The van der Waals surface area contributed by atoms with Crippen LogP contribution in [0.15, 0.2) is 46.6 Å². The Balaban J connectivity index is 2.04. The molecule has 0 saturated heterocycles. The van der Waals surface area contributed by atoms with E-state index in [1.54, 1.807) is 0 Å². The SMILES string of the molecule is CCCCCc1cc(F)c(C=NN=Cc2ccc(C(F)(F)F)cc2)c(F)c1. The molecule has 0 bridgehead atoms. The highest BCUT2D eigenvalue weighted by Crippen LogP contribution is 2.28. The molecule has 0 unspecified atom stereocenters. The van der Waals surface area contributed by atoms with Gasteiger partial charge in [-0.1, -0.05) is 31.9 Å². The van der Waals surface area contributed by atoms with Gasteiger partial charge in [0.15, 0.2) is 0 Å². The van der Waals surface area contributed by atoms with Crippen LogP contribution in [0, 0.1) is 11.6 Å². The molecular weight excluding hydrogens is 363 g/mol. The summed E-state index contributed by atoms with van der Waals surface area (Å²) in [4.78, 5) is 0. The molecule has 0 amide bonds. The number of benzene rings is 2. The van der Waals surface area contributed by atoms with E-state index >= 15 is 0 Å². The van der Waals surface area contributed by atoms with Crippen molar-refractivity contribution in [1.82, 2.24) is 0 Å². The van der Waals surface area contributed by atoms with Gasteiger partial charge in [-0.3, -0.25) is 0 Å². The smallest absolute Gasteiger partial charge is 0.206 e. The largest absolute Gasteiger partial charge is 0.416 e. The van der Waals surface area contributed by atoms with E-state index in [1.807, 2.05) is 6.92 Å². The Bertz CT molecular complexity index is 785. The van der Waals surface area contributed by atoms with Crippen LogP contribution in [0.1, 0.15) is 48.4 Å². The molecule has 2 aromatic rings. The third-order valence-electron chi connectivity index (χ3n) is 3.91. The monoisotopic (exact) mass is 382 g/mol. The average molecular weight is 382 g/mol. The van der Waals surface area contributed by atoms with Gasteiger partial charge >= 0.3 is 6.18 Å². The van der Waals surface area contributed by atoms with E-state index in [-0.39, 0.29) is 5.56 Å². The maximum absolute atomic E-state index is 14.0. The molecule has 7 heteroatoms. The molecule has 0 N–H and O–H groups in total. The third kappa shape index (κ3) is 6.27. The molecule has 27 heavy (non-hydrogen) atoms. The summed E-state index contributed by atoms with van der Waals surface area (Å²) in [6, 6.07) is 6.85. The molecular formula is C20H19F5N2. The number of rotatable bonds is 7. The van der Waals surface area contributed by atoms with Gasteiger partial charge < -0.3 is 0 Å². The lowest BCUT2D eigenvalue weighted by Gasteiger charge is -2.05. The molecule has 0 spiro atoms. The Labute approximate surface area is 154 Å². The lowest BCUT2D eigenvalue weighted by molar-refractivity contribution is -0.137. The molecule has 0 heterocycles. The van der Waals surface area contributed by atoms with Gasteiger partial charge in [-0.2, -0.15) is 23.4 Å². The quantitative estimate of drug-likeness (QED) is 0.237. The molecule has 0 fully saturated rings. The Morgan fingerprint density at radius 2 is 1.48 bits per heavy atom. The van der Waals surface area contributed by atoms with Gasteiger partial charge in [0.05, 0.1) is 23.6 Å². The Morgan fingerprint density at radius 3 is 2.04 bits per heavy atom. The van der Waals surface area contributed by atoms with Crippen LogP contribution in [0.4, 0.5) is 22.0 Å². The van der Waals surface area contributed by atoms with Gasteiger partial charge in [0.25, 0.3) is 0 Å². The average Bonchev–Trinajstić information content (AvgIpc) is 2.60. The molecule has 0 aliphatic rings. The third-order valence-corrected chi connectivity index (χ3v) is 3.91. The predicted molar refractivity (Wildman–Crippen MR) is 96.2 cm³/mol. The van der Waals surface area contributed by atoms with Gasteiger partial charge in [0, 0.05) is 0 Å². The fourth-order valence-corrected chi connectivity index (χ4v) is 2.43. The first kappa shape index (κ1) is 20.7. The van der Waals surface area contributed by atoms with E-state index in [0.717, 1.165) is 37.6 Å². The van der Waals surface area contributed by atoms with Crippen LogP contribution in [0.3, 0.4) is 0 Å². The highest BCUT2D eigenvalue weighted by Gasteiger charge is 2.29. The van der Waals surface area contributed by atoms with Crippen LogP contribution in [-0.2, 0) is 12.6 Å². The lowest BCUT2D eigenvalue weighted by Crippen LogP contribution is -2.04. The Kier molecular flexibility index (Phi) is 7.21. The maximum atomic E-state index is 14.0. The van der Waals surface area contributed by atoms with Gasteiger partial charge in [-0.15, -0.1) is 0 Å². The highest BCUT2D eigenvalue weighted by atomic mass is 19.4. The number of halogens is 5. The second-order valence-electron chi connectivity index (χ2n) is 6.04. The first-order valence-electron chi connectivity index (χ1n) is 8.53. The zero-order valence-corrected chi connectivity index (χ0v) is 14.7. The van der Waals surface area contributed by atoms with Crippen molar-refractivity contribution in [1.29, 1.82) is 0 Å². The standard InChI is InChI=1S/C20H19F5N2/c1-2-3-4-5-15-10-18(21)17(19(22)11-15)13-27-26-12-14-6-8-16(9-7-14)20(23,24)25/h6-13H,2-5H2,1H3. The van der Waals surface area contributed by atoms with Gasteiger partial charge in [0.1, 0.15) is 11.6 Å². The predicted octanol–water partition coefficient (Wildman–Crippen LogP) is 6.17. The molecule has 144 valence electrons. The van der Waals surface area contributed by atoms with Crippen molar-refractivity contribution in [2.24, 2.45) is 10.2 Å². The summed E-state index contributed by atoms with van der Waals surface area (Å²) >= 11 is 0. The zero-order chi connectivity index (χ0) is 19.9.